The van der Waals surface area contributed by atoms with Crippen LogP contribution >= 0.6 is 0 Å². The largest absolute Gasteiger partial charge is 0.493 e. The third kappa shape index (κ3) is 4.58. The topological polar surface area (TPSA) is 128 Å². The molecule has 1 atom stereocenters. The maximum absolute atomic E-state index is 12.3. The van der Waals surface area contributed by atoms with Gasteiger partial charge in [-0.1, -0.05) is 13.3 Å². The second-order valence-electron chi connectivity index (χ2n) is 4.86. The van der Waals surface area contributed by atoms with Crippen LogP contribution in [0.5, 0.6) is 11.5 Å². The number of hydrogen-bond acceptors (Lipinski definition) is 6. The number of hydrogen-bond donors (Lipinski definition) is 2. The van der Waals surface area contributed by atoms with E-state index in [9.17, 15) is 19.7 Å². The Morgan fingerprint density at radius 3 is 2.46 bits per heavy atom. The molecular formula is C15H20N2O7. The Morgan fingerprint density at radius 2 is 2.00 bits per heavy atom. The van der Waals surface area contributed by atoms with Crippen LogP contribution in [0, 0.1) is 10.1 Å². The first kappa shape index (κ1) is 19.2. The molecule has 1 aromatic carbocycles. The fraction of sp³-hybridized carbons (Fsp3) is 0.467. The number of nitro benzene ring substituents is 1. The highest BCUT2D eigenvalue weighted by atomic mass is 16.6. The van der Waals surface area contributed by atoms with Crippen molar-refractivity contribution in [3.05, 3.63) is 27.8 Å². The number of amides is 1. The molecule has 0 aliphatic rings. The molecule has 24 heavy (non-hydrogen) atoms. The van der Waals surface area contributed by atoms with Crippen molar-refractivity contribution in [3.63, 3.8) is 0 Å². The van der Waals surface area contributed by atoms with Crippen LogP contribution in [0.3, 0.4) is 0 Å². The van der Waals surface area contributed by atoms with Crippen LogP contribution in [0.25, 0.3) is 0 Å². The summed E-state index contributed by atoms with van der Waals surface area (Å²) in [4.78, 5) is 34.0. The number of carboxylic acids is 1. The summed E-state index contributed by atoms with van der Waals surface area (Å²) in [6.45, 7) is 3.73. The van der Waals surface area contributed by atoms with Gasteiger partial charge in [-0.2, -0.15) is 0 Å². The second-order valence-corrected chi connectivity index (χ2v) is 4.86. The fourth-order valence-corrected chi connectivity index (χ4v) is 2.09. The summed E-state index contributed by atoms with van der Waals surface area (Å²) in [5.74, 6) is -1.78. The molecule has 9 nitrogen and oxygen atoms in total. The normalized spacial score (nSPS) is 11.5. The number of carbonyl (C=O) groups is 2. The van der Waals surface area contributed by atoms with Gasteiger partial charge in [-0.25, -0.2) is 4.79 Å². The molecule has 0 saturated heterocycles. The molecule has 132 valence electrons. The number of rotatable bonds is 9. The molecule has 0 spiro atoms. The molecule has 0 aliphatic carbocycles. The van der Waals surface area contributed by atoms with E-state index >= 15 is 0 Å². The monoisotopic (exact) mass is 340 g/mol. The lowest BCUT2D eigenvalue weighted by Crippen LogP contribution is -2.40. The highest BCUT2D eigenvalue weighted by Gasteiger charge is 2.27. The molecule has 0 bridgehead atoms. The lowest BCUT2D eigenvalue weighted by molar-refractivity contribution is -0.385. The summed E-state index contributed by atoms with van der Waals surface area (Å²) in [6, 6.07) is 1.13. The quantitative estimate of drug-likeness (QED) is 0.519. The van der Waals surface area contributed by atoms with E-state index < -0.39 is 28.5 Å². The molecule has 0 aromatic heterocycles. The SMILES string of the molecule is CCCC(NC(=O)c1cc(OC)c(OCC)cc1[N+](=O)[O-])C(=O)O. The van der Waals surface area contributed by atoms with E-state index in [0.717, 1.165) is 6.07 Å². The second kappa shape index (κ2) is 8.70. The zero-order valence-corrected chi connectivity index (χ0v) is 13.7. The van der Waals surface area contributed by atoms with Gasteiger partial charge < -0.3 is 19.9 Å². The highest BCUT2D eigenvalue weighted by molar-refractivity contribution is 6.00. The van der Waals surface area contributed by atoms with Crippen LogP contribution in [-0.4, -0.2) is 41.7 Å². The van der Waals surface area contributed by atoms with Crippen molar-refractivity contribution in [2.24, 2.45) is 0 Å². The summed E-state index contributed by atoms with van der Waals surface area (Å²) >= 11 is 0. The number of methoxy groups -OCH3 is 1. The van der Waals surface area contributed by atoms with Crippen molar-refractivity contribution >= 4 is 17.6 Å². The lowest BCUT2D eigenvalue weighted by atomic mass is 10.1. The van der Waals surface area contributed by atoms with Gasteiger partial charge >= 0.3 is 5.97 Å². The average molecular weight is 340 g/mol. The van der Waals surface area contributed by atoms with Crippen molar-refractivity contribution in [1.82, 2.24) is 5.32 Å². The van der Waals surface area contributed by atoms with Gasteiger partial charge in [0.2, 0.25) is 0 Å². The Balaban J connectivity index is 3.27. The van der Waals surface area contributed by atoms with Crippen molar-refractivity contribution in [3.8, 4) is 11.5 Å². The highest BCUT2D eigenvalue weighted by Crippen LogP contribution is 2.34. The minimum absolute atomic E-state index is 0.131. The number of benzene rings is 1. The van der Waals surface area contributed by atoms with Gasteiger partial charge in [0.05, 0.1) is 24.7 Å². The first-order chi connectivity index (χ1) is 11.3. The standard InChI is InChI=1S/C15H20N2O7/c1-4-6-10(15(19)20)16-14(18)9-7-12(23-3)13(24-5-2)8-11(9)17(21)22/h7-8,10H,4-6H2,1-3H3,(H,16,18)(H,19,20). The molecule has 1 amide bonds. The molecule has 0 fully saturated rings. The predicted molar refractivity (Wildman–Crippen MR) is 84.6 cm³/mol. The summed E-state index contributed by atoms with van der Waals surface area (Å²) < 4.78 is 10.3. The van der Waals surface area contributed by atoms with Gasteiger partial charge in [0, 0.05) is 6.07 Å². The summed E-state index contributed by atoms with van der Waals surface area (Å²) in [5, 5.41) is 22.6. The molecule has 9 heteroatoms. The fourth-order valence-electron chi connectivity index (χ4n) is 2.09. The predicted octanol–water partition coefficient (Wildman–Crippen LogP) is 1.99. The maximum atomic E-state index is 12.3. The minimum atomic E-state index is -1.20. The van der Waals surface area contributed by atoms with Crippen LogP contribution in [0.4, 0.5) is 5.69 Å². The van der Waals surface area contributed by atoms with Gasteiger partial charge in [-0.15, -0.1) is 0 Å². The van der Waals surface area contributed by atoms with E-state index in [1.165, 1.54) is 13.2 Å². The molecule has 1 aromatic rings. The van der Waals surface area contributed by atoms with Gasteiger partial charge in [-0.05, 0) is 13.3 Å². The number of ether oxygens (including phenoxy) is 2. The first-order valence-electron chi connectivity index (χ1n) is 7.38. The molecule has 2 N–H and O–H groups in total. The van der Waals surface area contributed by atoms with Gasteiger partial charge in [0.15, 0.2) is 11.5 Å². The first-order valence-corrected chi connectivity index (χ1v) is 7.38. The number of aliphatic carboxylic acids is 1. The summed E-state index contributed by atoms with van der Waals surface area (Å²) in [7, 11) is 1.34. The third-order valence-electron chi connectivity index (χ3n) is 3.20. The van der Waals surface area contributed by atoms with Crippen molar-refractivity contribution < 1.29 is 29.1 Å². The number of nitrogens with zero attached hydrogens (tertiary/aromatic N) is 1. The van der Waals surface area contributed by atoms with Gasteiger partial charge in [0.25, 0.3) is 11.6 Å². The Bertz CT molecular complexity index is 630. The lowest BCUT2D eigenvalue weighted by Gasteiger charge is -2.15. The maximum Gasteiger partial charge on any atom is 0.326 e. The molecule has 0 heterocycles. The van der Waals surface area contributed by atoms with Gasteiger partial charge in [-0.3, -0.25) is 14.9 Å². The minimum Gasteiger partial charge on any atom is -0.493 e. The smallest absolute Gasteiger partial charge is 0.326 e. The zero-order chi connectivity index (χ0) is 18.3. The van der Waals surface area contributed by atoms with Crippen LogP contribution in [0.1, 0.15) is 37.0 Å². The molecule has 0 saturated carbocycles. The van der Waals surface area contributed by atoms with E-state index in [2.05, 4.69) is 5.32 Å². The molecule has 0 radical (unpaired) electrons. The van der Waals surface area contributed by atoms with Crippen LogP contribution in [-0.2, 0) is 4.79 Å². The Kier molecular flexibility index (Phi) is 6.97. The average Bonchev–Trinajstić information content (AvgIpc) is 2.53. The number of nitrogens with one attached hydrogen (secondary N) is 1. The van der Waals surface area contributed by atoms with Crippen LogP contribution < -0.4 is 14.8 Å². The van der Waals surface area contributed by atoms with E-state index in [4.69, 9.17) is 14.6 Å². The third-order valence-corrected chi connectivity index (χ3v) is 3.20. The molecule has 1 rings (SSSR count). The summed E-state index contributed by atoms with van der Waals surface area (Å²) in [6.07, 6.45) is 0.745. The summed E-state index contributed by atoms with van der Waals surface area (Å²) in [5.41, 5.74) is -0.778. The van der Waals surface area contributed by atoms with Crippen LogP contribution in [0.15, 0.2) is 12.1 Å². The number of nitro groups is 1. The number of carboxylic acid groups (broad SMARTS) is 1. The Morgan fingerprint density at radius 1 is 1.33 bits per heavy atom. The van der Waals surface area contributed by atoms with Crippen LogP contribution in [0.2, 0.25) is 0 Å². The van der Waals surface area contributed by atoms with Gasteiger partial charge in [0.1, 0.15) is 11.6 Å². The Hall–Kier alpha value is -2.84. The molecule has 1 unspecified atom stereocenters. The van der Waals surface area contributed by atoms with Crippen molar-refractivity contribution in [2.75, 3.05) is 13.7 Å². The van der Waals surface area contributed by atoms with E-state index in [1.807, 2.05) is 0 Å². The van der Waals surface area contributed by atoms with E-state index in [1.54, 1.807) is 13.8 Å². The molecule has 0 aliphatic heterocycles. The van der Waals surface area contributed by atoms with E-state index in [-0.39, 0.29) is 30.1 Å². The van der Waals surface area contributed by atoms with Crippen molar-refractivity contribution in [2.45, 2.75) is 32.7 Å². The van der Waals surface area contributed by atoms with Crippen molar-refractivity contribution in [1.29, 1.82) is 0 Å². The molecular weight excluding hydrogens is 320 g/mol. The number of carbonyl (C=O) groups excluding carboxylic acids is 1. The van der Waals surface area contributed by atoms with E-state index in [0.29, 0.717) is 6.42 Å². The Labute approximate surface area is 138 Å². The zero-order valence-electron chi connectivity index (χ0n) is 13.7.